The third-order valence-corrected chi connectivity index (χ3v) is 10.5. The standard InChI is InChI=1S/C46H32N4/c1-46(2,29-47)30-19-21-31(22-20-30)48-44-25-23-32(49-40-15-7-3-11-34(40)35-12-4-8-16-41(35)49)27-38(44)39-28-33(24-26-45(39)48)50-42-17-9-5-13-36(42)37-14-6-10-18-43(37)50/h3-28H,1-2H3. The summed E-state index contributed by atoms with van der Waals surface area (Å²) in [4.78, 5) is 0. The normalized spacial score (nSPS) is 12.2. The molecule has 50 heavy (non-hydrogen) atoms. The van der Waals surface area contributed by atoms with E-state index in [4.69, 9.17) is 0 Å². The highest BCUT2D eigenvalue weighted by atomic mass is 15.0. The van der Waals surface area contributed by atoms with E-state index in [1.54, 1.807) is 0 Å². The molecule has 3 heterocycles. The molecule has 0 unspecified atom stereocenters. The maximum absolute atomic E-state index is 9.80. The Morgan fingerprint density at radius 3 is 1.08 bits per heavy atom. The highest BCUT2D eigenvalue weighted by molar-refractivity contribution is 6.14. The topological polar surface area (TPSA) is 38.6 Å². The number of fused-ring (bicyclic) bond motifs is 9. The van der Waals surface area contributed by atoms with Crippen molar-refractivity contribution in [2.75, 3.05) is 0 Å². The first-order valence-electron chi connectivity index (χ1n) is 17.1. The van der Waals surface area contributed by atoms with E-state index in [0.29, 0.717) is 0 Å². The van der Waals surface area contributed by atoms with Gasteiger partial charge in [0.25, 0.3) is 0 Å². The van der Waals surface area contributed by atoms with Gasteiger partial charge in [-0.05, 0) is 92.2 Å². The van der Waals surface area contributed by atoms with E-state index < -0.39 is 5.41 Å². The molecule has 0 atom stereocenters. The Hall–Kier alpha value is -6.57. The Kier molecular flexibility index (Phi) is 5.95. The minimum absolute atomic E-state index is 0.562. The van der Waals surface area contributed by atoms with Gasteiger partial charge in [0.05, 0.1) is 44.6 Å². The number of nitrogens with zero attached hydrogens (tertiary/aromatic N) is 4. The number of hydrogen-bond donors (Lipinski definition) is 0. The van der Waals surface area contributed by atoms with Crippen LogP contribution in [-0.4, -0.2) is 13.7 Å². The van der Waals surface area contributed by atoms with E-state index in [1.807, 2.05) is 13.8 Å². The average Bonchev–Trinajstić information content (AvgIpc) is 3.80. The third kappa shape index (κ3) is 3.98. The van der Waals surface area contributed by atoms with Crippen molar-refractivity contribution in [2.24, 2.45) is 0 Å². The molecule has 0 aliphatic heterocycles. The van der Waals surface area contributed by atoms with Crippen LogP contribution in [0, 0.1) is 11.3 Å². The second kappa shape index (κ2) is 10.5. The van der Waals surface area contributed by atoms with E-state index in [0.717, 1.165) is 33.7 Å². The van der Waals surface area contributed by atoms with Crippen LogP contribution in [0.1, 0.15) is 19.4 Å². The van der Waals surface area contributed by atoms with Crippen molar-refractivity contribution in [3.05, 3.63) is 163 Å². The van der Waals surface area contributed by atoms with Gasteiger partial charge in [-0.2, -0.15) is 5.26 Å². The summed E-state index contributed by atoms with van der Waals surface area (Å²) in [5.41, 5.74) is 10.8. The summed E-state index contributed by atoms with van der Waals surface area (Å²) in [6, 6.07) is 59.4. The van der Waals surface area contributed by atoms with Crippen LogP contribution in [-0.2, 0) is 5.41 Å². The lowest BCUT2D eigenvalue weighted by Gasteiger charge is -2.17. The fourth-order valence-corrected chi connectivity index (χ4v) is 8.05. The van der Waals surface area contributed by atoms with Gasteiger partial charge < -0.3 is 13.7 Å². The highest BCUT2D eigenvalue weighted by Crippen LogP contribution is 2.39. The molecular formula is C46H32N4. The number of aromatic nitrogens is 3. The zero-order chi connectivity index (χ0) is 33.6. The molecule has 0 fully saturated rings. The van der Waals surface area contributed by atoms with Gasteiger partial charge in [0.15, 0.2) is 0 Å². The Labute approximate surface area is 289 Å². The molecule has 0 aliphatic rings. The van der Waals surface area contributed by atoms with Gasteiger partial charge in [-0.25, -0.2) is 0 Å². The lowest BCUT2D eigenvalue weighted by atomic mass is 9.86. The van der Waals surface area contributed by atoms with Gasteiger partial charge in [0, 0.05) is 49.4 Å². The average molecular weight is 641 g/mol. The van der Waals surface area contributed by atoms with Crippen LogP contribution in [0.25, 0.3) is 82.5 Å². The summed E-state index contributed by atoms with van der Waals surface area (Å²) in [5.74, 6) is 0. The minimum atomic E-state index is -0.562. The zero-order valence-corrected chi connectivity index (χ0v) is 27.8. The number of para-hydroxylation sites is 4. The largest absolute Gasteiger partial charge is 0.309 e. The first kappa shape index (κ1) is 28.4. The molecule has 7 aromatic carbocycles. The maximum Gasteiger partial charge on any atom is 0.0766 e. The molecule has 0 saturated heterocycles. The summed E-state index contributed by atoms with van der Waals surface area (Å²) in [6.07, 6.45) is 0. The molecule has 4 heteroatoms. The predicted molar refractivity (Wildman–Crippen MR) is 208 cm³/mol. The van der Waals surface area contributed by atoms with E-state index >= 15 is 0 Å². The molecule has 3 aromatic heterocycles. The SMILES string of the molecule is CC(C)(C#N)c1ccc(-n2c3ccc(-n4c5ccccc5c5ccccc54)cc3c3cc(-n4c5ccccc5c5ccccc54)ccc32)cc1. The fourth-order valence-electron chi connectivity index (χ4n) is 8.05. The second-order valence-electron chi connectivity index (χ2n) is 13.8. The first-order valence-corrected chi connectivity index (χ1v) is 17.1. The molecule has 0 aliphatic carbocycles. The number of nitriles is 1. The van der Waals surface area contributed by atoms with Gasteiger partial charge in [-0.1, -0.05) is 84.9 Å². The van der Waals surface area contributed by atoms with Crippen molar-refractivity contribution >= 4 is 65.4 Å². The molecule has 10 rings (SSSR count). The quantitative estimate of drug-likeness (QED) is 0.189. The minimum Gasteiger partial charge on any atom is -0.309 e. The van der Waals surface area contributed by atoms with Crippen molar-refractivity contribution in [2.45, 2.75) is 19.3 Å². The third-order valence-electron chi connectivity index (χ3n) is 10.5. The van der Waals surface area contributed by atoms with Crippen molar-refractivity contribution in [1.29, 1.82) is 5.26 Å². The second-order valence-corrected chi connectivity index (χ2v) is 13.8. The van der Waals surface area contributed by atoms with Crippen molar-refractivity contribution in [3.63, 3.8) is 0 Å². The number of rotatable bonds is 4. The van der Waals surface area contributed by atoms with Crippen LogP contribution in [0.4, 0.5) is 0 Å². The maximum atomic E-state index is 9.80. The number of hydrogen-bond acceptors (Lipinski definition) is 1. The van der Waals surface area contributed by atoms with Gasteiger partial charge >= 0.3 is 0 Å². The zero-order valence-electron chi connectivity index (χ0n) is 27.8. The lowest BCUT2D eigenvalue weighted by Crippen LogP contribution is -2.13. The summed E-state index contributed by atoms with van der Waals surface area (Å²) >= 11 is 0. The molecule has 236 valence electrons. The molecule has 0 amide bonds. The van der Waals surface area contributed by atoms with Gasteiger partial charge in [0.2, 0.25) is 0 Å². The number of benzene rings is 7. The van der Waals surface area contributed by atoms with Crippen LogP contribution < -0.4 is 0 Å². The van der Waals surface area contributed by atoms with Crippen molar-refractivity contribution < 1.29 is 0 Å². The van der Waals surface area contributed by atoms with Crippen LogP contribution in [0.3, 0.4) is 0 Å². The molecule has 10 aromatic rings. The van der Waals surface area contributed by atoms with E-state index in [-0.39, 0.29) is 0 Å². The Bertz CT molecular complexity index is 2740. The van der Waals surface area contributed by atoms with Crippen LogP contribution in [0.5, 0.6) is 0 Å². The molecule has 0 radical (unpaired) electrons. The van der Waals surface area contributed by atoms with Gasteiger partial charge in [-0.15, -0.1) is 0 Å². The molecule has 0 spiro atoms. The molecule has 0 saturated carbocycles. The highest BCUT2D eigenvalue weighted by Gasteiger charge is 2.21. The monoisotopic (exact) mass is 640 g/mol. The molecule has 4 nitrogen and oxygen atoms in total. The summed E-state index contributed by atoms with van der Waals surface area (Å²) in [6.45, 7) is 3.93. The van der Waals surface area contributed by atoms with Crippen molar-refractivity contribution in [1.82, 2.24) is 13.7 Å². The summed E-state index contributed by atoms with van der Waals surface area (Å²) in [5, 5.41) is 17.2. The molecule has 0 bridgehead atoms. The lowest BCUT2D eigenvalue weighted by molar-refractivity contribution is 0.687. The van der Waals surface area contributed by atoms with Crippen LogP contribution in [0.15, 0.2) is 158 Å². The van der Waals surface area contributed by atoms with E-state index in [1.165, 1.54) is 54.4 Å². The van der Waals surface area contributed by atoms with Gasteiger partial charge in [-0.3, -0.25) is 0 Å². The molecular weight excluding hydrogens is 609 g/mol. The Morgan fingerprint density at radius 1 is 0.380 bits per heavy atom. The summed E-state index contributed by atoms with van der Waals surface area (Å²) < 4.78 is 7.14. The Balaban J connectivity index is 1.28. The van der Waals surface area contributed by atoms with E-state index in [2.05, 4.69) is 177 Å². The predicted octanol–water partition coefficient (Wildman–Crippen LogP) is 11.8. The fraction of sp³-hybridized carbons (Fsp3) is 0.0652. The van der Waals surface area contributed by atoms with Crippen LogP contribution >= 0.6 is 0 Å². The molecule has 0 N–H and O–H groups in total. The van der Waals surface area contributed by atoms with E-state index in [9.17, 15) is 5.26 Å². The van der Waals surface area contributed by atoms with Gasteiger partial charge in [0.1, 0.15) is 0 Å². The van der Waals surface area contributed by atoms with Crippen molar-refractivity contribution in [3.8, 4) is 23.1 Å². The summed E-state index contributed by atoms with van der Waals surface area (Å²) in [7, 11) is 0. The first-order chi connectivity index (χ1) is 24.5. The van der Waals surface area contributed by atoms with Crippen LogP contribution in [0.2, 0.25) is 0 Å². The Morgan fingerprint density at radius 2 is 0.700 bits per heavy atom. The smallest absolute Gasteiger partial charge is 0.0766 e.